The summed E-state index contributed by atoms with van der Waals surface area (Å²) in [4.78, 5) is 12.7. The zero-order chi connectivity index (χ0) is 25.4. The number of phenolic OH excluding ortho intramolecular Hbond substituents is 1. The molecule has 0 saturated heterocycles. The minimum Gasteiger partial charge on any atom is -0.504 e. The number of aromatic hydroxyl groups is 1. The number of hydrogen-bond acceptors (Lipinski definition) is 7. The second kappa shape index (κ2) is 11.6. The molecule has 0 heterocycles. The van der Waals surface area contributed by atoms with Gasteiger partial charge in [-0.3, -0.25) is 9.10 Å². The number of rotatable bonds is 10. The van der Waals surface area contributed by atoms with E-state index in [1.54, 1.807) is 37.3 Å². The minimum atomic E-state index is -4.10. The second-order valence-electron chi connectivity index (χ2n) is 7.10. The molecule has 35 heavy (non-hydrogen) atoms. The van der Waals surface area contributed by atoms with Crippen LogP contribution in [0, 0.1) is 0 Å². The van der Waals surface area contributed by atoms with Crippen LogP contribution in [0.15, 0.2) is 76.7 Å². The van der Waals surface area contributed by atoms with Gasteiger partial charge < -0.3 is 14.6 Å². The lowest BCUT2D eigenvalue weighted by Gasteiger charge is -2.24. The first-order valence-electron chi connectivity index (χ1n) is 10.4. The van der Waals surface area contributed by atoms with Crippen molar-refractivity contribution >= 4 is 39.4 Å². The van der Waals surface area contributed by atoms with Crippen molar-refractivity contribution in [3.8, 4) is 17.2 Å². The Kier molecular flexibility index (Phi) is 8.56. The topological polar surface area (TPSA) is 118 Å². The van der Waals surface area contributed by atoms with Crippen LogP contribution in [0.1, 0.15) is 12.5 Å². The van der Waals surface area contributed by atoms with Gasteiger partial charge in [-0.15, -0.1) is 0 Å². The van der Waals surface area contributed by atoms with Gasteiger partial charge in [-0.25, -0.2) is 13.8 Å². The Bertz CT molecular complexity index is 1320. The first-order chi connectivity index (χ1) is 16.8. The van der Waals surface area contributed by atoms with E-state index < -0.39 is 22.5 Å². The quantitative estimate of drug-likeness (QED) is 0.312. The number of anilines is 1. The largest absolute Gasteiger partial charge is 0.504 e. The zero-order valence-corrected chi connectivity index (χ0v) is 20.6. The smallest absolute Gasteiger partial charge is 0.264 e. The molecule has 0 saturated carbocycles. The molecule has 0 fully saturated rings. The molecular weight excluding hydrogens is 494 g/mol. The molecule has 2 N–H and O–H groups in total. The molecule has 0 spiro atoms. The number of hydrazone groups is 1. The number of hydrogen-bond donors (Lipinski definition) is 2. The molecule has 3 aromatic rings. The van der Waals surface area contributed by atoms with Gasteiger partial charge in [0.15, 0.2) is 11.5 Å². The fourth-order valence-electron chi connectivity index (χ4n) is 3.07. The fraction of sp³-hybridized carbons (Fsp3) is 0.167. The van der Waals surface area contributed by atoms with E-state index >= 15 is 0 Å². The molecule has 0 aliphatic rings. The third-order valence-corrected chi connectivity index (χ3v) is 6.81. The number of phenols is 1. The number of amides is 1. The van der Waals surface area contributed by atoms with Crippen LogP contribution in [0.5, 0.6) is 17.2 Å². The standard InChI is InChI=1S/C24H24ClN3O6S/c1-3-34-23-13-17(9-11-21(23)29)15-26-27-24(30)16-28(18-10-12-22(33-2)20(25)14-18)35(31,32)19-7-5-4-6-8-19/h4-15,29H,3,16H2,1-2H3,(H,27,30)/b26-15-. The highest BCUT2D eigenvalue weighted by Crippen LogP contribution is 2.32. The highest BCUT2D eigenvalue weighted by atomic mass is 35.5. The maximum absolute atomic E-state index is 13.4. The molecule has 0 radical (unpaired) electrons. The lowest BCUT2D eigenvalue weighted by molar-refractivity contribution is -0.119. The van der Waals surface area contributed by atoms with Crippen molar-refractivity contribution in [2.45, 2.75) is 11.8 Å². The van der Waals surface area contributed by atoms with E-state index in [1.807, 2.05) is 0 Å². The van der Waals surface area contributed by atoms with Crippen molar-refractivity contribution in [3.63, 3.8) is 0 Å². The van der Waals surface area contributed by atoms with Crippen LogP contribution in [0.2, 0.25) is 5.02 Å². The van der Waals surface area contributed by atoms with Gasteiger partial charge in [-0.2, -0.15) is 5.10 Å². The lowest BCUT2D eigenvalue weighted by Crippen LogP contribution is -2.39. The number of nitrogens with zero attached hydrogens (tertiary/aromatic N) is 2. The van der Waals surface area contributed by atoms with Gasteiger partial charge >= 0.3 is 0 Å². The zero-order valence-electron chi connectivity index (χ0n) is 19.0. The Morgan fingerprint density at radius 1 is 1.11 bits per heavy atom. The number of benzene rings is 3. The summed E-state index contributed by atoms with van der Waals surface area (Å²) in [5.41, 5.74) is 3.06. The Hall–Kier alpha value is -3.76. The van der Waals surface area contributed by atoms with Crippen LogP contribution in [-0.2, 0) is 14.8 Å². The summed E-state index contributed by atoms with van der Waals surface area (Å²) < 4.78 is 38.1. The summed E-state index contributed by atoms with van der Waals surface area (Å²) in [6, 6.07) is 16.7. The molecular formula is C24H24ClN3O6S. The molecule has 0 unspecified atom stereocenters. The highest BCUT2D eigenvalue weighted by molar-refractivity contribution is 7.92. The van der Waals surface area contributed by atoms with Gasteiger partial charge in [0.1, 0.15) is 12.3 Å². The Morgan fingerprint density at radius 2 is 1.86 bits per heavy atom. The van der Waals surface area contributed by atoms with Gasteiger partial charge in [0.25, 0.3) is 15.9 Å². The number of halogens is 1. The third kappa shape index (κ3) is 6.43. The van der Waals surface area contributed by atoms with Crippen molar-refractivity contribution in [1.29, 1.82) is 0 Å². The summed E-state index contributed by atoms with van der Waals surface area (Å²) in [7, 11) is -2.66. The van der Waals surface area contributed by atoms with Gasteiger partial charge in [0.05, 0.1) is 35.5 Å². The van der Waals surface area contributed by atoms with E-state index in [0.29, 0.717) is 17.9 Å². The second-order valence-corrected chi connectivity index (χ2v) is 9.37. The summed E-state index contributed by atoms with van der Waals surface area (Å²) in [6.07, 6.45) is 1.35. The average Bonchev–Trinajstić information content (AvgIpc) is 2.85. The van der Waals surface area contributed by atoms with E-state index in [1.165, 1.54) is 49.7 Å². The number of ether oxygens (including phenoxy) is 2. The SMILES string of the molecule is CCOc1cc(/C=N\NC(=O)CN(c2ccc(OC)c(Cl)c2)S(=O)(=O)c2ccccc2)ccc1O. The van der Waals surface area contributed by atoms with E-state index in [2.05, 4.69) is 10.5 Å². The molecule has 3 rings (SSSR count). The number of methoxy groups -OCH3 is 1. The van der Waals surface area contributed by atoms with Gasteiger partial charge in [0, 0.05) is 0 Å². The van der Waals surface area contributed by atoms with Gasteiger partial charge in [-0.05, 0) is 61.0 Å². The molecule has 11 heteroatoms. The molecule has 0 bridgehead atoms. The summed E-state index contributed by atoms with van der Waals surface area (Å²) in [5.74, 6) is -0.0643. The van der Waals surface area contributed by atoms with E-state index in [4.69, 9.17) is 21.1 Å². The van der Waals surface area contributed by atoms with Crippen LogP contribution in [-0.4, -0.2) is 45.9 Å². The Balaban J connectivity index is 1.84. The number of carbonyl (C=O) groups is 1. The fourth-order valence-corrected chi connectivity index (χ4v) is 4.76. The van der Waals surface area contributed by atoms with Crippen LogP contribution < -0.4 is 19.2 Å². The van der Waals surface area contributed by atoms with Gasteiger partial charge in [0.2, 0.25) is 0 Å². The molecule has 184 valence electrons. The predicted molar refractivity (Wildman–Crippen MR) is 134 cm³/mol. The monoisotopic (exact) mass is 517 g/mol. The van der Waals surface area contributed by atoms with Crippen molar-refractivity contribution in [2.24, 2.45) is 5.10 Å². The average molecular weight is 518 g/mol. The Labute approximate surface area is 208 Å². The maximum atomic E-state index is 13.4. The van der Waals surface area contributed by atoms with E-state index in [9.17, 15) is 18.3 Å². The molecule has 0 atom stereocenters. The summed E-state index contributed by atoms with van der Waals surface area (Å²) in [5, 5.41) is 13.9. The van der Waals surface area contributed by atoms with Crippen LogP contribution in [0.4, 0.5) is 5.69 Å². The number of sulfonamides is 1. The normalized spacial score (nSPS) is 11.3. The first kappa shape index (κ1) is 25.9. The van der Waals surface area contributed by atoms with Crippen LogP contribution >= 0.6 is 11.6 Å². The van der Waals surface area contributed by atoms with Gasteiger partial charge in [-0.1, -0.05) is 29.8 Å². The summed E-state index contributed by atoms with van der Waals surface area (Å²) >= 11 is 6.21. The number of nitrogens with one attached hydrogen (secondary N) is 1. The number of carbonyl (C=O) groups excluding carboxylic acids is 1. The van der Waals surface area contributed by atoms with Crippen molar-refractivity contribution in [2.75, 3.05) is 24.6 Å². The lowest BCUT2D eigenvalue weighted by atomic mass is 10.2. The predicted octanol–water partition coefficient (Wildman–Crippen LogP) is 3.80. The first-order valence-corrected chi connectivity index (χ1v) is 12.3. The molecule has 0 aromatic heterocycles. The molecule has 9 nitrogen and oxygen atoms in total. The van der Waals surface area contributed by atoms with Crippen LogP contribution in [0.3, 0.4) is 0 Å². The van der Waals surface area contributed by atoms with E-state index in [0.717, 1.165) is 4.31 Å². The van der Waals surface area contributed by atoms with Crippen LogP contribution in [0.25, 0.3) is 0 Å². The van der Waals surface area contributed by atoms with Crippen molar-refractivity contribution < 1.29 is 27.8 Å². The summed E-state index contributed by atoms with van der Waals surface area (Å²) in [6.45, 7) is 1.59. The molecule has 0 aliphatic carbocycles. The van der Waals surface area contributed by atoms with E-state index in [-0.39, 0.29) is 27.1 Å². The molecule has 1 amide bonds. The Morgan fingerprint density at radius 3 is 2.51 bits per heavy atom. The van der Waals surface area contributed by atoms with Crippen molar-refractivity contribution in [3.05, 3.63) is 77.3 Å². The molecule has 3 aromatic carbocycles. The maximum Gasteiger partial charge on any atom is 0.264 e. The minimum absolute atomic E-state index is 0.00999. The highest BCUT2D eigenvalue weighted by Gasteiger charge is 2.27. The van der Waals surface area contributed by atoms with Crippen molar-refractivity contribution in [1.82, 2.24) is 5.43 Å². The third-order valence-electron chi connectivity index (χ3n) is 4.73. The molecule has 0 aliphatic heterocycles.